The summed E-state index contributed by atoms with van der Waals surface area (Å²) in [5.74, 6) is -1.09. The minimum Gasteiger partial charge on any atom is -0.481 e. The van der Waals surface area contributed by atoms with Gasteiger partial charge in [0.25, 0.3) is 0 Å². The molecule has 7 nitrogen and oxygen atoms in total. The Morgan fingerprint density at radius 2 is 1.65 bits per heavy atom. The van der Waals surface area contributed by atoms with Crippen molar-refractivity contribution < 1.29 is 19.5 Å². The zero-order valence-corrected chi connectivity index (χ0v) is 15.8. The SMILES string of the molecule is CN(C)C(=O)N1CCC(C(=O)Nc2ccc(C(C)(C)C(=O)O)cc2)CC1. The third kappa shape index (κ3) is 4.33. The molecule has 0 radical (unpaired) electrons. The standard InChI is InChI=1S/C19H27N3O4/c1-19(2,17(24)25)14-5-7-15(8-6-14)20-16(23)13-9-11-22(12-10-13)18(26)21(3)4/h5-8,13H,9-12H2,1-4H3,(H,20,23)(H,24,25). The van der Waals surface area contributed by atoms with Crippen LogP contribution in [0.2, 0.25) is 0 Å². The Balaban J connectivity index is 1.93. The van der Waals surface area contributed by atoms with Gasteiger partial charge in [-0.3, -0.25) is 9.59 Å². The van der Waals surface area contributed by atoms with Gasteiger partial charge in [0.1, 0.15) is 0 Å². The van der Waals surface area contributed by atoms with Gasteiger partial charge < -0.3 is 20.2 Å². The van der Waals surface area contributed by atoms with Crippen molar-refractivity contribution in [3.8, 4) is 0 Å². The first-order valence-corrected chi connectivity index (χ1v) is 8.74. The van der Waals surface area contributed by atoms with E-state index in [1.807, 2.05) is 0 Å². The van der Waals surface area contributed by atoms with E-state index in [0.717, 1.165) is 0 Å². The molecule has 0 unspecified atom stereocenters. The predicted molar refractivity (Wildman–Crippen MR) is 99.1 cm³/mol. The van der Waals surface area contributed by atoms with Crippen LogP contribution in [0.25, 0.3) is 0 Å². The Bertz CT molecular complexity index is 675. The number of nitrogens with zero attached hydrogens (tertiary/aromatic N) is 2. The summed E-state index contributed by atoms with van der Waals surface area (Å²) in [4.78, 5) is 39.0. The molecule has 0 bridgehead atoms. The zero-order chi connectivity index (χ0) is 19.5. The minimum absolute atomic E-state index is 0.0273. The van der Waals surface area contributed by atoms with Crippen LogP contribution in [0, 0.1) is 5.92 Å². The van der Waals surface area contributed by atoms with Crippen LogP contribution in [0.3, 0.4) is 0 Å². The third-order valence-corrected chi connectivity index (χ3v) is 4.93. The number of carbonyl (C=O) groups is 3. The van der Waals surface area contributed by atoms with Gasteiger partial charge in [0, 0.05) is 38.8 Å². The number of carbonyl (C=O) groups excluding carboxylic acids is 2. The number of urea groups is 1. The largest absolute Gasteiger partial charge is 0.481 e. The number of piperidine rings is 1. The van der Waals surface area contributed by atoms with Crippen molar-refractivity contribution in [1.82, 2.24) is 9.80 Å². The summed E-state index contributed by atoms with van der Waals surface area (Å²) in [6.45, 7) is 4.43. The normalized spacial score (nSPS) is 15.5. The lowest BCUT2D eigenvalue weighted by Crippen LogP contribution is -2.45. The molecule has 0 saturated carbocycles. The molecule has 1 saturated heterocycles. The van der Waals surface area contributed by atoms with Gasteiger partial charge in [0.05, 0.1) is 5.41 Å². The molecule has 0 aliphatic carbocycles. The van der Waals surface area contributed by atoms with Gasteiger partial charge in [0.15, 0.2) is 0 Å². The van der Waals surface area contributed by atoms with Crippen LogP contribution in [0.15, 0.2) is 24.3 Å². The van der Waals surface area contributed by atoms with Gasteiger partial charge in [-0.25, -0.2) is 4.79 Å². The fraction of sp³-hybridized carbons (Fsp3) is 0.526. The fourth-order valence-corrected chi connectivity index (χ4v) is 2.95. The minimum atomic E-state index is -0.978. The van der Waals surface area contributed by atoms with Gasteiger partial charge in [0.2, 0.25) is 5.91 Å². The van der Waals surface area contributed by atoms with Gasteiger partial charge in [-0.05, 0) is 44.4 Å². The Morgan fingerprint density at radius 1 is 1.12 bits per heavy atom. The number of nitrogens with one attached hydrogen (secondary N) is 1. The molecule has 142 valence electrons. The van der Waals surface area contributed by atoms with E-state index in [2.05, 4.69) is 5.32 Å². The zero-order valence-electron chi connectivity index (χ0n) is 15.8. The molecule has 26 heavy (non-hydrogen) atoms. The van der Waals surface area contributed by atoms with Gasteiger partial charge >= 0.3 is 12.0 Å². The summed E-state index contributed by atoms with van der Waals surface area (Å²) in [5, 5.41) is 12.2. The number of carboxylic acid groups (broad SMARTS) is 1. The highest BCUT2D eigenvalue weighted by Gasteiger charge is 2.30. The van der Waals surface area contributed by atoms with E-state index in [0.29, 0.717) is 37.2 Å². The second kappa shape index (κ2) is 7.76. The van der Waals surface area contributed by atoms with E-state index in [1.165, 1.54) is 0 Å². The molecule has 1 fully saturated rings. The van der Waals surface area contributed by atoms with Crippen molar-refractivity contribution in [1.29, 1.82) is 0 Å². The summed E-state index contributed by atoms with van der Waals surface area (Å²) >= 11 is 0. The van der Waals surface area contributed by atoms with E-state index in [-0.39, 0.29) is 17.9 Å². The molecule has 1 aliphatic heterocycles. The molecule has 7 heteroatoms. The maximum atomic E-state index is 12.4. The number of benzene rings is 1. The summed E-state index contributed by atoms with van der Waals surface area (Å²) in [6.07, 6.45) is 1.27. The molecular weight excluding hydrogens is 334 g/mol. The lowest BCUT2D eigenvalue weighted by Gasteiger charge is -2.33. The van der Waals surface area contributed by atoms with Crippen molar-refractivity contribution in [3.63, 3.8) is 0 Å². The predicted octanol–water partition coefficient (Wildman–Crippen LogP) is 2.38. The van der Waals surface area contributed by atoms with Gasteiger partial charge in [-0.1, -0.05) is 12.1 Å². The van der Waals surface area contributed by atoms with E-state index in [1.54, 1.807) is 62.0 Å². The van der Waals surface area contributed by atoms with Gasteiger partial charge in [-0.15, -0.1) is 0 Å². The topological polar surface area (TPSA) is 90.0 Å². The molecule has 0 spiro atoms. The maximum Gasteiger partial charge on any atom is 0.319 e. The summed E-state index contributed by atoms with van der Waals surface area (Å²) < 4.78 is 0. The molecular formula is C19H27N3O4. The first-order valence-electron chi connectivity index (χ1n) is 8.74. The highest BCUT2D eigenvalue weighted by molar-refractivity contribution is 5.93. The first kappa shape index (κ1) is 19.8. The molecule has 0 aromatic heterocycles. The second-order valence-electron chi connectivity index (χ2n) is 7.44. The number of amides is 3. The van der Waals surface area contributed by atoms with Crippen molar-refractivity contribution in [3.05, 3.63) is 29.8 Å². The number of carboxylic acids is 1. The Hall–Kier alpha value is -2.57. The van der Waals surface area contributed by atoms with Crippen LogP contribution < -0.4 is 5.32 Å². The average molecular weight is 361 g/mol. The number of rotatable bonds is 4. The number of likely N-dealkylation sites (tertiary alicyclic amines) is 1. The average Bonchev–Trinajstić information content (AvgIpc) is 2.61. The van der Waals surface area contributed by atoms with E-state index in [4.69, 9.17) is 0 Å². The van der Waals surface area contributed by atoms with E-state index >= 15 is 0 Å². The van der Waals surface area contributed by atoms with Gasteiger partial charge in [-0.2, -0.15) is 0 Å². The van der Waals surface area contributed by atoms with Crippen LogP contribution in [0.5, 0.6) is 0 Å². The quantitative estimate of drug-likeness (QED) is 0.861. The Kier molecular flexibility index (Phi) is 5.90. The molecule has 0 atom stereocenters. The number of hydrogen-bond donors (Lipinski definition) is 2. The third-order valence-electron chi connectivity index (χ3n) is 4.93. The Labute approximate surface area is 154 Å². The smallest absolute Gasteiger partial charge is 0.319 e. The van der Waals surface area contributed by atoms with Crippen molar-refractivity contribution in [2.45, 2.75) is 32.1 Å². The van der Waals surface area contributed by atoms with E-state index in [9.17, 15) is 19.5 Å². The number of aliphatic carboxylic acids is 1. The second-order valence-corrected chi connectivity index (χ2v) is 7.44. The first-order chi connectivity index (χ1) is 12.1. The van der Waals surface area contributed by atoms with Crippen LogP contribution >= 0.6 is 0 Å². The van der Waals surface area contributed by atoms with E-state index < -0.39 is 11.4 Å². The highest BCUT2D eigenvalue weighted by Crippen LogP contribution is 2.25. The Morgan fingerprint density at radius 3 is 2.12 bits per heavy atom. The summed E-state index contributed by atoms with van der Waals surface area (Å²) in [5.41, 5.74) is 0.346. The summed E-state index contributed by atoms with van der Waals surface area (Å²) in [7, 11) is 3.44. The number of anilines is 1. The fourth-order valence-electron chi connectivity index (χ4n) is 2.95. The van der Waals surface area contributed by atoms with Crippen molar-refractivity contribution >= 4 is 23.6 Å². The lowest BCUT2D eigenvalue weighted by molar-refractivity contribution is -0.142. The molecule has 1 aromatic carbocycles. The lowest BCUT2D eigenvalue weighted by atomic mass is 9.85. The molecule has 3 amide bonds. The molecule has 1 heterocycles. The van der Waals surface area contributed by atoms with Crippen molar-refractivity contribution in [2.24, 2.45) is 5.92 Å². The summed E-state index contributed by atoms with van der Waals surface area (Å²) in [6, 6.07) is 6.87. The van der Waals surface area contributed by atoms with Crippen LogP contribution in [-0.2, 0) is 15.0 Å². The van der Waals surface area contributed by atoms with Crippen LogP contribution in [0.1, 0.15) is 32.3 Å². The molecule has 2 rings (SSSR count). The number of hydrogen-bond acceptors (Lipinski definition) is 3. The highest BCUT2D eigenvalue weighted by atomic mass is 16.4. The van der Waals surface area contributed by atoms with Crippen LogP contribution in [0.4, 0.5) is 10.5 Å². The molecule has 1 aliphatic rings. The maximum absolute atomic E-state index is 12.4. The van der Waals surface area contributed by atoms with Crippen LogP contribution in [-0.4, -0.2) is 60.0 Å². The monoisotopic (exact) mass is 361 g/mol. The molecule has 2 N–H and O–H groups in total. The van der Waals surface area contributed by atoms with Crippen molar-refractivity contribution in [2.75, 3.05) is 32.5 Å². The molecule has 1 aromatic rings.